The Bertz CT molecular complexity index is 1150. The van der Waals surface area contributed by atoms with Crippen LogP contribution in [-0.2, 0) is 10.0 Å². The molecule has 9 heteroatoms. The van der Waals surface area contributed by atoms with E-state index >= 15 is 0 Å². The molecule has 0 saturated heterocycles. The van der Waals surface area contributed by atoms with Crippen molar-refractivity contribution in [3.8, 4) is 0 Å². The van der Waals surface area contributed by atoms with Gasteiger partial charge < -0.3 is 10.6 Å². The molecule has 0 unspecified atom stereocenters. The molecule has 3 rings (SSSR count). The van der Waals surface area contributed by atoms with Crippen molar-refractivity contribution in [2.45, 2.75) is 50.5 Å². The number of aromatic nitrogens is 2. The normalized spacial score (nSPS) is 13.1. The van der Waals surface area contributed by atoms with Crippen LogP contribution >= 0.6 is 12.2 Å². The van der Waals surface area contributed by atoms with Gasteiger partial charge in [0.2, 0.25) is 5.95 Å². The summed E-state index contributed by atoms with van der Waals surface area (Å²) in [7, 11) is -3.78. The zero-order valence-corrected chi connectivity index (χ0v) is 20.6. The Balaban J connectivity index is 1.61. The summed E-state index contributed by atoms with van der Waals surface area (Å²) in [6, 6.07) is 16.7. The van der Waals surface area contributed by atoms with E-state index < -0.39 is 10.0 Å². The van der Waals surface area contributed by atoms with Crippen molar-refractivity contribution in [1.82, 2.24) is 15.3 Å². The minimum atomic E-state index is -3.78. The fourth-order valence-corrected chi connectivity index (χ4v) is 4.51. The number of sulfonamides is 1. The van der Waals surface area contributed by atoms with E-state index in [0.717, 1.165) is 12.8 Å². The molecule has 0 amide bonds. The first-order valence-corrected chi connectivity index (χ1v) is 12.8. The molecular formula is C24H29N5O2S2. The van der Waals surface area contributed by atoms with Crippen LogP contribution in [0.5, 0.6) is 0 Å². The lowest BCUT2D eigenvalue weighted by Gasteiger charge is -2.21. The quantitative estimate of drug-likeness (QED) is 0.359. The first-order chi connectivity index (χ1) is 15.8. The molecular weight excluding hydrogens is 454 g/mol. The molecule has 0 aliphatic carbocycles. The van der Waals surface area contributed by atoms with Gasteiger partial charge in [0.05, 0.1) is 10.9 Å². The molecule has 0 bridgehead atoms. The van der Waals surface area contributed by atoms with Crippen LogP contribution in [0.2, 0.25) is 0 Å². The number of rotatable bonds is 9. The average Bonchev–Trinajstić information content (AvgIpc) is 2.83. The van der Waals surface area contributed by atoms with E-state index in [0.29, 0.717) is 16.7 Å². The summed E-state index contributed by atoms with van der Waals surface area (Å²) in [5.41, 5.74) is 3.19. The molecule has 0 aliphatic heterocycles. The molecule has 7 nitrogen and oxygen atoms in total. The smallest absolute Gasteiger partial charge is 0.264 e. The van der Waals surface area contributed by atoms with Crippen molar-refractivity contribution in [1.29, 1.82) is 0 Å². The molecule has 3 aromatic rings. The Morgan fingerprint density at radius 3 is 2.12 bits per heavy atom. The van der Waals surface area contributed by atoms with Gasteiger partial charge in [-0.3, -0.25) is 0 Å². The molecule has 2 aromatic carbocycles. The predicted octanol–water partition coefficient (Wildman–Crippen LogP) is 5.23. The third-order valence-corrected chi connectivity index (χ3v) is 7.01. The second-order valence-electron chi connectivity index (χ2n) is 7.74. The van der Waals surface area contributed by atoms with Crippen LogP contribution in [0.3, 0.4) is 0 Å². The van der Waals surface area contributed by atoms with Crippen LogP contribution in [0.25, 0.3) is 0 Å². The van der Waals surface area contributed by atoms with Gasteiger partial charge in [0.15, 0.2) is 5.11 Å². The third-order valence-electron chi connectivity index (χ3n) is 5.45. The maximum Gasteiger partial charge on any atom is 0.264 e. The number of hydrogen-bond donors (Lipinski definition) is 3. The molecule has 0 fully saturated rings. The fourth-order valence-electron chi connectivity index (χ4n) is 3.29. The highest BCUT2D eigenvalue weighted by Crippen LogP contribution is 2.23. The predicted molar refractivity (Wildman–Crippen MR) is 137 cm³/mol. The van der Waals surface area contributed by atoms with Crippen LogP contribution < -0.4 is 15.4 Å². The van der Waals surface area contributed by atoms with Crippen LogP contribution in [-0.4, -0.2) is 23.5 Å². The number of benzene rings is 2. The summed E-state index contributed by atoms with van der Waals surface area (Å²) >= 11 is 5.49. The Labute approximate surface area is 201 Å². The van der Waals surface area contributed by atoms with Gasteiger partial charge in [-0.05, 0) is 72.4 Å². The van der Waals surface area contributed by atoms with Crippen molar-refractivity contribution < 1.29 is 8.42 Å². The van der Waals surface area contributed by atoms with Gasteiger partial charge in [0, 0.05) is 18.1 Å². The highest BCUT2D eigenvalue weighted by molar-refractivity contribution is 7.92. The Morgan fingerprint density at radius 2 is 1.55 bits per heavy atom. The molecule has 1 heterocycles. The summed E-state index contributed by atoms with van der Waals surface area (Å²) in [5.74, 6) is 0.560. The Kier molecular flexibility index (Phi) is 8.35. The molecule has 33 heavy (non-hydrogen) atoms. The Hall–Kier alpha value is -3.04. The van der Waals surface area contributed by atoms with E-state index in [1.807, 2.05) is 0 Å². The molecule has 2 atom stereocenters. The van der Waals surface area contributed by atoms with Crippen LogP contribution in [0.15, 0.2) is 71.9 Å². The van der Waals surface area contributed by atoms with Gasteiger partial charge in [-0.2, -0.15) is 0 Å². The lowest BCUT2D eigenvalue weighted by atomic mass is 9.95. The van der Waals surface area contributed by atoms with E-state index in [-0.39, 0.29) is 16.9 Å². The van der Waals surface area contributed by atoms with Crippen molar-refractivity contribution in [2.75, 3.05) is 10.0 Å². The second kappa shape index (κ2) is 11.2. The average molecular weight is 484 g/mol. The minimum Gasteiger partial charge on any atom is -0.356 e. The monoisotopic (exact) mass is 483 g/mol. The molecule has 174 valence electrons. The number of hydrogen-bond acceptors (Lipinski definition) is 5. The highest BCUT2D eigenvalue weighted by atomic mass is 32.2. The molecule has 0 aliphatic rings. The van der Waals surface area contributed by atoms with Crippen molar-refractivity contribution in [3.63, 3.8) is 0 Å². The summed E-state index contributed by atoms with van der Waals surface area (Å²) in [4.78, 5) is 7.87. The number of nitrogens with one attached hydrogen (secondary N) is 3. The first kappa shape index (κ1) is 24.6. The van der Waals surface area contributed by atoms with Crippen molar-refractivity contribution >= 4 is 39.0 Å². The second-order valence-corrected chi connectivity index (χ2v) is 9.83. The molecule has 3 N–H and O–H groups in total. The number of nitrogens with zero attached hydrogens (tertiary/aromatic N) is 2. The fraction of sp³-hybridized carbons (Fsp3) is 0.292. The van der Waals surface area contributed by atoms with Crippen molar-refractivity contribution in [2.24, 2.45) is 0 Å². The van der Waals surface area contributed by atoms with E-state index in [9.17, 15) is 8.42 Å². The summed E-state index contributed by atoms with van der Waals surface area (Å²) in [5, 5.41) is 6.94. The van der Waals surface area contributed by atoms with Crippen molar-refractivity contribution in [3.05, 3.63) is 78.1 Å². The molecule has 0 saturated carbocycles. The highest BCUT2D eigenvalue weighted by Gasteiger charge is 2.16. The topological polar surface area (TPSA) is 96.0 Å². The number of anilines is 2. The molecule has 1 aromatic heterocycles. The summed E-state index contributed by atoms with van der Waals surface area (Å²) in [6.45, 7) is 6.52. The van der Waals surface area contributed by atoms with Crippen LogP contribution in [0.4, 0.5) is 11.6 Å². The van der Waals surface area contributed by atoms with Gasteiger partial charge in [0.1, 0.15) is 0 Å². The lowest BCUT2D eigenvalue weighted by molar-refractivity contribution is 0.601. The van der Waals surface area contributed by atoms with Gasteiger partial charge in [-0.1, -0.05) is 45.0 Å². The van der Waals surface area contributed by atoms with Crippen LogP contribution in [0, 0.1) is 0 Å². The molecule has 0 spiro atoms. The van der Waals surface area contributed by atoms with Gasteiger partial charge in [0.25, 0.3) is 10.0 Å². The van der Waals surface area contributed by atoms with Gasteiger partial charge in [-0.25, -0.2) is 23.1 Å². The number of thiocarbonyl (C=S) groups is 1. The van der Waals surface area contributed by atoms with E-state index in [4.69, 9.17) is 12.2 Å². The van der Waals surface area contributed by atoms with E-state index in [1.54, 1.807) is 18.2 Å². The molecule has 0 radical (unpaired) electrons. The van der Waals surface area contributed by atoms with E-state index in [2.05, 4.69) is 70.4 Å². The zero-order chi connectivity index (χ0) is 23.8. The summed E-state index contributed by atoms with van der Waals surface area (Å²) < 4.78 is 27.4. The SMILES string of the molecule is CC[C@H](NC(=S)Nc1ccc(S(=O)(=O)Nc2ncccn2)cc1)c1ccc([C@@H](C)CC)cc1. The van der Waals surface area contributed by atoms with Gasteiger partial charge >= 0.3 is 0 Å². The van der Waals surface area contributed by atoms with E-state index in [1.165, 1.54) is 35.7 Å². The lowest BCUT2D eigenvalue weighted by Crippen LogP contribution is -2.32. The summed E-state index contributed by atoms with van der Waals surface area (Å²) in [6.07, 6.45) is 4.92. The maximum atomic E-state index is 12.5. The largest absolute Gasteiger partial charge is 0.356 e. The maximum absolute atomic E-state index is 12.5. The zero-order valence-electron chi connectivity index (χ0n) is 18.9. The third kappa shape index (κ3) is 6.72. The van der Waals surface area contributed by atoms with Crippen LogP contribution in [0.1, 0.15) is 56.7 Å². The minimum absolute atomic E-state index is 0.0212. The Morgan fingerprint density at radius 1 is 0.939 bits per heavy atom. The first-order valence-electron chi connectivity index (χ1n) is 10.9. The standard InChI is InChI=1S/C24H29N5O2S2/c1-4-17(3)18-7-9-19(10-8-18)22(5-2)28-24(32)27-20-11-13-21(14-12-20)33(30,31)29-23-25-15-6-16-26-23/h6-17,22H,4-5H2,1-3H3,(H,25,26,29)(H2,27,28,32)/t17-,22-/m0/s1. The van der Waals surface area contributed by atoms with Gasteiger partial charge in [-0.15, -0.1) is 0 Å².